The zero-order chi connectivity index (χ0) is 17.6. The van der Waals surface area contributed by atoms with Crippen LogP contribution in [0.3, 0.4) is 0 Å². The predicted octanol–water partition coefficient (Wildman–Crippen LogP) is 2.61. The van der Waals surface area contributed by atoms with E-state index in [4.69, 9.17) is 14.2 Å². The summed E-state index contributed by atoms with van der Waals surface area (Å²) in [5, 5.41) is 9.87. The predicted molar refractivity (Wildman–Crippen MR) is 69.0 cm³/mol. The van der Waals surface area contributed by atoms with Gasteiger partial charge in [-0.05, 0) is 0 Å². The van der Waals surface area contributed by atoms with Crippen LogP contribution in [0.5, 0.6) is 0 Å². The van der Waals surface area contributed by atoms with Crippen LogP contribution in [0.15, 0.2) is 12.7 Å². The van der Waals surface area contributed by atoms with Crippen molar-refractivity contribution in [1.82, 2.24) is 0 Å². The normalized spacial score (nSPS) is 13.9. The second kappa shape index (κ2) is 8.92. The Hall–Kier alpha value is -1.55. The molecule has 0 radical (unpaired) electrons. The van der Waals surface area contributed by atoms with Crippen LogP contribution in [0.25, 0.3) is 0 Å². The van der Waals surface area contributed by atoms with Gasteiger partial charge in [-0.15, -0.1) is 6.58 Å². The zero-order valence-electron chi connectivity index (χ0n) is 12.1. The average Bonchev–Trinajstić information content (AvgIpc) is 2.54. The maximum Gasteiger partial charge on any atom is 0.200 e. The molecule has 23 heavy (non-hydrogen) atoms. The van der Waals surface area contributed by atoms with Crippen molar-refractivity contribution in [2.45, 2.75) is 12.2 Å². The van der Waals surface area contributed by atoms with E-state index < -0.39 is 53.7 Å². The summed E-state index contributed by atoms with van der Waals surface area (Å²) in [6.07, 6.45) is -2.67. The fourth-order valence-electron chi connectivity index (χ4n) is 1.66. The summed E-state index contributed by atoms with van der Waals surface area (Å²) in [5.41, 5.74) is -1.40. The Morgan fingerprint density at radius 2 is 1.52 bits per heavy atom. The number of hydrogen-bond acceptors (Lipinski definition) is 4. The van der Waals surface area contributed by atoms with Gasteiger partial charge in [-0.25, -0.2) is 22.0 Å². The summed E-state index contributed by atoms with van der Waals surface area (Å²) in [5.74, 6) is -10.9. The molecule has 0 aliphatic heterocycles. The second-order valence-corrected chi connectivity index (χ2v) is 4.31. The standard InChI is InChI=1S/C14H15F5O4/c1-3-7(23-6-22-5-4-21-2)14(20)8-9(15)11(17)13(19)12(18)10(8)16/h3,7,14,20H,1,4-6H2,2H3/t7-,14+/m1/s1. The fourth-order valence-corrected chi connectivity index (χ4v) is 1.66. The van der Waals surface area contributed by atoms with Crippen LogP contribution in [0, 0.1) is 29.1 Å². The Morgan fingerprint density at radius 1 is 1.00 bits per heavy atom. The zero-order valence-corrected chi connectivity index (χ0v) is 12.1. The van der Waals surface area contributed by atoms with E-state index in [1.165, 1.54) is 7.11 Å². The largest absolute Gasteiger partial charge is 0.385 e. The molecule has 9 heteroatoms. The molecule has 1 aromatic carbocycles. The topological polar surface area (TPSA) is 47.9 Å². The molecule has 0 aliphatic carbocycles. The van der Waals surface area contributed by atoms with Crippen molar-refractivity contribution < 1.29 is 41.3 Å². The van der Waals surface area contributed by atoms with Gasteiger partial charge in [0.15, 0.2) is 23.3 Å². The summed E-state index contributed by atoms with van der Waals surface area (Å²) in [6.45, 7) is 3.25. The number of halogens is 5. The highest BCUT2D eigenvalue weighted by molar-refractivity contribution is 5.27. The lowest BCUT2D eigenvalue weighted by Gasteiger charge is -2.21. The van der Waals surface area contributed by atoms with Gasteiger partial charge in [0.2, 0.25) is 5.82 Å². The Bertz CT molecular complexity index is 523. The third-order valence-corrected chi connectivity index (χ3v) is 2.86. The van der Waals surface area contributed by atoms with Gasteiger partial charge in [0, 0.05) is 7.11 Å². The monoisotopic (exact) mass is 342 g/mol. The van der Waals surface area contributed by atoms with Crippen LogP contribution in [0.2, 0.25) is 0 Å². The van der Waals surface area contributed by atoms with Crippen molar-refractivity contribution >= 4 is 0 Å². The van der Waals surface area contributed by atoms with Crippen LogP contribution in [-0.2, 0) is 14.2 Å². The van der Waals surface area contributed by atoms with Crippen molar-refractivity contribution in [2.75, 3.05) is 27.1 Å². The van der Waals surface area contributed by atoms with E-state index in [1.54, 1.807) is 0 Å². The van der Waals surface area contributed by atoms with Gasteiger partial charge in [0.05, 0.1) is 18.8 Å². The minimum absolute atomic E-state index is 0.138. The molecule has 1 N–H and O–H groups in total. The van der Waals surface area contributed by atoms with Gasteiger partial charge in [0.25, 0.3) is 0 Å². The van der Waals surface area contributed by atoms with Crippen LogP contribution in [0.4, 0.5) is 22.0 Å². The van der Waals surface area contributed by atoms with E-state index in [0.29, 0.717) is 0 Å². The van der Waals surface area contributed by atoms with E-state index in [0.717, 1.165) is 6.08 Å². The molecule has 0 bridgehead atoms. The summed E-state index contributed by atoms with van der Waals surface area (Å²) in [6, 6.07) is 0. The van der Waals surface area contributed by atoms with Crippen LogP contribution in [-0.4, -0.2) is 38.3 Å². The molecule has 0 heterocycles. The van der Waals surface area contributed by atoms with E-state index in [-0.39, 0.29) is 13.2 Å². The van der Waals surface area contributed by atoms with Crippen molar-refractivity contribution in [2.24, 2.45) is 0 Å². The number of rotatable bonds is 9. The van der Waals surface area contributed by atoms with E-state index >= 15 is 0 Å². The minimum Gasteiger partial charge on any atom is -0.385 e. The first-order valence-electron chi connectivity index (χ1n) is 6.37. The van der Waals surface area contributed by atoms with E-state index in [9.17, 15) is 27.1 Å². The van der Waals surface area contributed by atoms with Gasteiger partial charge in [-0.1, -0.05) is 6.08 Å². The molecule has 0 spiro atoms. The minimum atomic E-state index is -2.31. The third-order valence-electron chi connectivity index (χ3n) is 2.86. The van der Waals surface area contributed by atoms with Gasteiger partial charge >= 0.3 is 0 Å². The Morgan fingerprint density at radius 3 is 2.00 bits per heavy atom. The summed E-state index contributed by atoms with van der Waals surface area (Å²) >= 11 is 0. The quantitative estimate of drug-likeness (QED) is 0.187. The first-order valence-corrected chi connectivity index (χ1v) is 6.37. The summed E-state index contributed by atoms with van der Waals surface area (Å²) < 4.78 is 81.1. The van der Waals surface area contributed by atoms with Crippen molar-refractivity contribution in [3.63, 3.8) is 0 Å². The summed E-state index contributed by atoms with van der Waals surface area (Å²) in [4.78, 5) is 0. The first kappa shape index (κ1) is 19.5. The maximum atomic E-state index is 13.6. The lowest BCUT2D eigenvalue weighted by Crippen LogP contribution is -2.25. The number of ether oxygens (including phenoxy) is 3. The lowest BCUT2D eigenvalue weighted by molar-refractivity contribution is -0.115. The van der Waals surface area contributed by atoms with Gasteiger partial charge in [-0.2, -0.15) is 0 Å². The number of aliphatic hydroxyl groups excluding tert-OH is 1. The third kappa shape index (κ3) is 4.47. The van der Waals surface area contributed by atoms with E-state index in [2.05, 4.69) is 6.58 Å². The fraction of sp³-hybridized carbons (Fsp3) is 0.429. The number of methoxy groups -OCH3 is 1. The molecule has 130 valence electrons. The maximum absolute atomic E-state index is 13.6. The van der Waals surface area contributed by atoms with Crippen LogP contribution < -0.4 is 0 Å². The van der Waals surface area contributed by atoms with E-state index in [1.807, 2.05) is 0 Å². The molecule has 0 aromatic heterocycles. The van der Waals surface area contributed by atoms with Gasteiger partial charge < -0.3 is 19.3 Å². The average molecular weight is 342 g/mol. The molecule has 1 rings (SSSR count). The molecule has 1 aromatic rings. The smallest absolute Gasteiger partial charge is 0.200 e. The Labute approximate surface area is 129 Å². The molecule has 0 saturated carbocycles. The molecule has 0 fully saturated rings. The van der Waals surface area contributed by atoms with Crippen molar-refractivity contribution in [1.29, 1.82) is 0 Å². The molecule has 0 saturated heterocycles. The first-order chi connectivity index (χ1) is 10.9. The molecule has 0 unspecified atom stereocenters. The molecule has 0 aliphatic rings. The second-order valence-electron chi connectivity index (χ2n) is 4.31. The highest BCUT2D eigenvalue weighted by atomic mass is 19.2. The lowest BCUT2D eigenvalue weighted by atomic mass is 10.0. The molecule has 4 nitrogen and oxygen atoms in total. The SMILES string of the molecule is C=C[C@@H](OCOCCOC)[C@H](O)c1c(F)c(F)c(F)c(F)c1F. The van der Waals surface area contributed by atoms with Gasteiger partial charge in [0.1, 0.15) is 19.0 Å². The Kier molecular flexibility index (Phi) is 7.56. The molecular weight excluding hydrogens is 327 g/mol. The summed E-state index contributed by atoms with van der Waals surface area (Å²) in [7, 11) is 1.43. The highest BCUT2D eigenvalue weighted by Gasteiger charge is 2.32. The number of aliphatic hydroxyl groups is 1. The van der Waals surface area contributed by atoms with Crippen molar-refractivity contribution in [3.8, 4) is 0 Å². The number of benzene rings is 1. The van der Waals surface area contributed by atoms with Crippen LogP contribution >= 0.6 is 0 Å². The Balaban J connectivity index is 2.94. The number of hydrogen-bond donors (Lipinski definition) is 1. The van der Waals surface area contributed by atoms with Crippen LogP contribution in [0.1, 0.15) is 11.7 Å². The van der Waals surface area contributed by atoms with Crippen molar-refractivity contribution in [3.05, 3.63) is 47.3 Å². The molecule has 0 amide bonds. The highest BCUT2D eigenvalue weighted by Crippen LogP contribution is 2.30. The molecular formula is C14H15F5O4. The molecule has 2 atom stereocenters. The van der Waals surface area contributed by atoms with Gasteiger partial charge in [-0.3, -0.25) is 0 Å².